The number of carbonyl (C=O) groups excluding carboxylic acids is 2. The molecule has 12 atom stereocenters. The number of halogens is 2. The molecule has 104 heavy (non-hydrogen) atoms. The van der Waals surface area contributed by atoms with Crippen molar-refractivity contribution in [2.24, 2.45) is 35.5 Å². The lowest BCUT2D eigenvalue weighted by atomic mass is 9.64. The molecule has 4 fully saturated rings. The van der Waals surface area contributed by atoms with Crippen molar-refractivity contribution in [3.05, 3.63) is 141 Å². The third-order valence-electron chi connectivity index (χ3n) is 24.8. The monoisotopic (exact) mass is 1500 g/mol. The largest absolute Gasteiger partial charge is 0.490 e. The van der Waals surface area contributed by atoms with E-state index in [1.54, 1.807) is 40.2 Å². The number of methoxy groups -OCH3 is 2. The highest BCUT2D eigenvalue weighted by molar-refractivity contribution is 7.91. The molecule has 2 saturated carbocycles. The molecule has 22 heteroatoms. The molecule has 6 heterocycles. The van der Waals surface area contributed by atoms with Crippen LogP contribution in [0.15, 0.2) is 97.1 Å². The number of fused-ring (bicyclic) bond motifs is 8. The lowest BCUT2D eigenvalue weighted by molar-refractivity contribution is -0.0352. The van der Waals surface area contributed by atoms with Crippen LogP contribution >= 0.6 is 23.2 Å². The number of ether oxygens (including phenoxy) is 6. The average Bonchev–Trinajstić information content (AvgIpc) is 1.47. The average molecular weight is 1500 g/mol. The van der Waals surface area contributed by atoms with Gasteiger partial charge in [-0.1, -0.05) is 85.0 Å². The maximum absolute atomic E-state index is 13.6. The number of carbonyl (C=O) groups is 2. The highest BCUT2D eigenvalue weighted by atomic mass is 35.5. The number of anilines is 2. The number of allylic oxidation sites excluding steroid dienone is 2. The maximum Gasteiger partial charge on any atom is 0.264 e. The van der Waals surface area contributed by atoms with Gasteiger partial charge >= 0.3 is 0 Å². The maximum atomic E-state index is 13.6. The lowest BCUT2D eigenvalue weighted by Crippen LogP contribution is -2.52. The van der Waals surface area contributed by atoms with Gasteiger partial charge in [-0.15, -0.1) is 0 Å². The smallest absolute Gasteiger partial charge is 0.264 e. The summed E-state index contributed by atoms with van der Waals surface area (Å²) in [6, 6.07) is 23.1. The van der Waals surface area contributed by atoms with E-state index in [1.165, 1.54) is 22.3 Å². The summed E-state index contributed by atoms with van der Waals surface area (Å²) in [6.07, 6.45) is 20.6. The summed E-state index contributed by atoms with van der Waals surface area (Å²) < 4.78 is 96.2. The zero-order chi connectivity index (χ0) is 73.0. The highest BCUT2D eigenvalue weighted by Crippen LogP contribution is 2.52. The molecule has 2 N–H and O–H groups in total. The fourth-order valence-electron chi connectivity index (χ4n) is 17.8. The number of amides is 2. The van der Waals surface area contributed by atoms with Crippen molar-refractivity contribution >= 4 is 66.4 Å². The summed E-state index contributed by atoms with van der Waals surface area (Å²) in [7, 11) is -4.44. The molecule has 0 unspecified atom stereocenters. The molecule has 2 amide bonds. The first-order valence-corrected chi connectivity index (χ1v) is 41.7. The van der Waals surface area contributed by atoms with E-state index in [2.05, 4.69) is 89.1 Å². The molecule has 4 bridgehead atoms. The van der Waals surface area contributed by atoms with Crippen LogP contribution in [0, 0.1) is 59.2 Å². The van der Waals surface area contributed by atoms with Gasteiger partial charge in [-0.25, -0.2) is 26.3 Å². The van der Waals surface area contributed by atoms with E-state index in [1.807, 2.05) is 62.4 Å². The van der Waals surface area contributed by atoms with Gasteiger partial charge in [0.1, 0.15) is 22.7 Å². The molecule has 0 radical (unpaired) electrons. The summed E-state index contributed by atoms with van der Waals surface area (Å²) >= 11 is 13.0. The third-order valence-corrected chi connectivity index (χ3v) is 29.1. The predicted octanol–water partition coefficient (Wildman–Crippen LogP) is 12.0. The number of hydrogen-bond acceptors (Lipinski definition) is 16. The zero-order valence-electron chi connectivity index (χ0n) is 61.3. The molecule has 4 aromatic carbocycles. The summed E-state index contributed by atoms with van der Waals surface area (Å²) in [6.45, 7) is 19.4. The number of benzene rings is 4. The van der Waals surface area contributed by atoms with Crippen molar-refractivity contribution < 1.29 is 54.8 Å². The Morgan fingerprint density at radius 2 is 0.971 bits per heavy atom. The minimum atomic E-state index is -3.97. The van der Waals surface area contributed by atoms with Crippen LogP contribution in [-0.4, -0.2) is 179 Å². The topological polar surface area (TPSA) is 195 Å². The number of nitrogens with zero attached hydrogens (tertiary/aromatic N) is 4. The normalized spacial score (nSPS) is 32.5. The van der Waals surface area contributed by atoms with Gasteiger partial charge in [0.2, 0.25) is 20.0 Å². The molecule has 2 spiro atoms. The van der Waals surface area contributed by atoms with Crippen LogP contribution in [0.1, 0.15) is 148 Å². The minimum absolute atomic E-state index is 0.126. The Morgan fingerprint density at radius 1 is 0.558 bits per heavy atom. The third kappa shape index (κ3) is 16.3. The molecule has 18 nitrogen and oxygen atoms in total. The zero-order valence-corrected chi connectivity index (χ0v) is 64.5. The van der Waals surface area contributed by atoms with Gasteiger partial charge in [-0.05, 0) is 210 Å². The minimum Gasteiger partial charge on any atom is -0.490 e. The second-order valence-corrected chi connectivity index (χ2v) is 36.0. The van der Waals surface area contributed by atoms with Gasteiger partial charge in [0.25, 0.3) is 11.8 Å². The molecule has 14 rings (SSSR count). The van der Waals surface area contributed by atoms with Crippen LogP contribution in [-0.2, 0) is 62.7 Å². The highest BCUT2D eigenvalue weighted by Gasteiger charge is 2.51. The quantitative estimate of drug-likeness (QED) is 0.137. The van der Waals surface area contributed by atoms with Crippen LogP contribution < -0.4 is 28.7 Å². The van der Waals surface area contributed by atoms with Crippen LogP contribution in [0.25, 0.3) is 0 Å². The van der Waals surface area contributed by atoms with Crippen molar-refractivity contribution in [3.63, 3.8) is 0 Å². The van der Waals surface area contributed by atoms with E-state index < -0.39 is 53.6 Å². The van der Waals surface area contributed by atoms with Crippen LogP contribution in [0.2, 0.25) is 10.0 Å². The molecular formula is C82H104Cl2N6O12S2. The van der Waals surface area contributed by atoms with Crippen molar-refractivity contribution in [1.82, 2.24) is 19.2 Å². The molecule has 6 aliphatic heterocycles. The van der Waals surface area contributed by atoms with E-state index in [9.17, 15) is 26.4 Å². The van der Waals surface area contributed by atoms with Gasteiger partial charge in [0.15, 0.2) is 0 Å². The van der Waals surface area contributed by atoms with E-state index in [0.29, 0.717) is 50.6 Å². The Bertz CT molecular complexity index is 3970. The Labute approximate surface area is 627 Å². The molecule has 0 aromatic heterocycles. The van der Waals surface area contributed by atoms with Gasteiger partial charge in [0.05, 0.1) is 61.5 Å². The first kappa shape index (κ1) is 76.1. The second kappa shape index (κ2) is 32.4. The molecular weight excluding hydrogens is 1400 g/mol. The van der Waals surface area contributed by atoms with E-state index in [4.69, 9.17) is 51.6 Å². The van der Waals surface area contributed by atoms with Gasteiger partial charge < -0.3 is 38.2 Å². The fourth-order valence-corrected chi connectivity index (χ4v) is 20.7. The Morgan fingerprint density at radius 3 is 1.36 bits per heavy atom. The van der Waals surface area contributed by atoms with Crippen molar-refractivity contribution in [2.75, 3.05) is 129 Å². The van der Waals surface area contributed by atoms with E-state index >= 15 is 0 Å². The van der Waals surface area contributed by atoms with Crippen LogP contribution in [0.3, 0.4) is 0 Å². The van der Waals surface area contributed by atoms with E-state index in [-0.39, 0.29) is 57.5 Å². The van der Waals surface area contributed by atoms with Gasteiger partial charge in [0, 0.05) is 136 Å². The number of morpholine rings is 2. The van der Waals surface area contributed by atoms with Crippen LogP contribution in [0.4, 0.5) is 11.4 Å². The van der Waals surface area contributed by atoms with Crippen molar-refractivity contribution in [3.8, 4) is 35.2 Å². The summed E-state index contributed by atoms with van der Waals surface area (Å²) in [4.78, 5) is 36.8. The van der Waals surface area contributed by atoms with Crippen LogP contribution in [0.5, 0.6) is 11.5 Å². The number of rotatable bonds is 6. The fraction of sp³-hybridized carbons (Fsp3) is 0.585. The molecule has 2 saturated heterocycles. The standard InChI is InChI=1S/2C41H52ClN3O6S/c2*1-29-8-6-18-41(49-3,17-4-5-19-44-20-22-50-23-21-44)36-13-10-33(36)26-45-27-40(16-7-9-31-24-34(42)12-14-35(31)40)28-51-38-15-11-32(25-37(38)45)39(46)43-52(47,48)30(29)2/h2*6,11-12,14-15,18,24-25,29-30,33,36H,5,7-10,13,16,19-23,26-28H2,1-3H3,(H,43,46)/b2*18-6+/t29-,30+,33-,36+,40-,41+;29-,30+,33-,36+,40-,41-/m00/s1. The first-order valence-electron chi connectivity index (χ1n) is 37.8. The van der Waals surface area contributed by atoms with Crippen molar-refractivity contribution in [1.29, 1.82) is 0 Å². The second-order valence-electron chi connectivity index (χ2n) is 31.1. The Kier molecular flexibility index (Phi) is 23.7. The SMILES string of the molecule is CO[C@@]1(C#CCCN2CCOCC2)/C=C/C[C@H](C)[C@@H](C)S(=O)(=O)NC(=O)c2ccc3c(c2)N(C[C@@H]2CC[C@H]21)C[C@@]1(CCCc2cc(Cl)ccc21)CO3.CO[C@]1(C#CCCN2CCOCC2)/C=C/C[C@H](C)[C@@H](C)S(=O)(=O)NC(=O)c2ccc3c(c2)N(C[C@@H]2CC[C@H]21)C[C@@]1(CCCc2cc(Cl)ccc21)CO3. The predicted molar refractivity (Wildman–Crippen MR) is 409 cm³/mol. The lowest BCUT2D eigenvalue weighted by Gasteiger charge is -2.48. The summed E-state index contributed by atoms with van der Waals surface area (Å²) in [5, 5.41) is -0.134. The summed E-state index contributed by atoms with van der Waals surface area (Å²) in [5.41, 5.74) is 5.02. The van der Waals surface area contributed by atoms with Crippen molar-refractivity contribution in [2.45, 2.75) is 150 Å². The first-order chi connectivity index (χ1) is 50.0. The number of sulfonamides is 2. The molecule has 4 aromatic rings. The number of aryl methyl sites for hydroxylation is 2. The Balaban J connectivity index is 0.000000185. The molecule has 560 valence electrons. The summed E-state index contributed by atoms with van der Waals surface area (Å²) in [5.74, 6) is 14.6. The van der Waals surface area contributed by atoms with E-state index in [0.717, 1.165) is 177 Å². The van der Waals surface area contributed by atoms with Gasteiger partial charge in [-0.2, -0.15) is 0 Å². The molecule has 10 aliphatic rings. The number of nitrogens with one attached hydrogen (secondary N) is 2. The van der Waals surface area contributed by atoms with Gasteiger partial charge in [-0.3, -0.25) is 19.4 Å². The molecule has 4 aliphatic carbocycles. The Hall–Kier alpha value is -6.14. The number of hydrogen-bond donors (Lipinski definition) is 2.